The van der Waals surface area contributed by atoms with E-state index in [1.54, 1.807) is 12.1 Å². The van der Waals surface area contributed by atoms with Gasteiger partial charge in [-0.05, 0) is 59.9 Å². The Morgan fingerprint density at radius 3 is 2.71 bits per heavy atom. The monoisotopic (exact) mass is 371 g/mol. The quantitative estimate of drug-likeness (QED) is 0.577. The van der Waals surface area contributed by atoms with Crippen molar-refractivity contribution in [2.75, 3.05) is 0 Å². The van der Waals surface area contributed by atoms with Gasteiger partial charge in [0.2, 0.25) is 0 Å². The SMILES string of the molecule is C=Cc1ccc2c(c1)C1C(c3cc(C(=O)CC)ccc3F)=NC(C)=C1C(C)=C2. The van der Waals surface area contributed by atoms with E-state index < -0.39 is 0 Å². The van der Waals surface area contributed by atoms with Crippen molar-refractivity contribution in [1.82, 2.24) is 0 Å². The standard InChI is InChI=1S/C25H22FNO/c1-5-16-7-8-17-11-14(3)23-15(4)27-25(24(23)19(17)12-16)20-13-18(22(28)6-2)9-10-21(20)26/h5,7-13,24H,1,6H2,2-4H3. The average Bonchev–Trinajstić information content (AvgIpc) is 3.05. The number of ketones is 1. The van der Waals surface area contributed by atoms with Gasteiger partial charge in [-0.1, -0.05) is 43.9 Å². The van der Waals surface area contributed by atoms with Gasteiger partial charge in [0.1, 0.15) is 5.82 Å². The van der Waals surface area contributed by atoms with Gasteiger partial charge in [0.25, 0.3) is 0 Å². The number of carbonyl (C=O) groups excluding carboxylic acids is 1. The second kappa shape index (κ2) is 6.83. The Balaban J connectivity index is 1.92. The third kappa shape index (κ3) is 2.78. The summed E-state index contributed by atoms with van der Waals surface area (Å²) >= 11 is 0. The molecule has 3 heteroatoms. The number of hydrogen-bond donors (Lipinski definition) is 0. The van der Waals surface area contributed by atoms with Gasteiger partial charge in [0.05, 0.1) is 11.6 Å². The molecule has 2 aromatic rings. The molecule has 2 nitrogen and oxygen atoms in total. The maximum absolute atomic E-state index is 14.9. The van der Waals surface area contributed by atoms with Gasteiger partial charge in [-0.2, -0.15) is 0 Å². The van der Waals surface area contributed by atoms with Crippen LogP contribution in [0.3, 0.4) is 0 Å². The maximum atomic E-state index is 14.9. The summed E-state index contributed by atoms with van der Waals surface area (Å²) in [6.45, 7) is 9.72. The number of halogens is 1. The predicted octanol–water partition coefficient (Wildman–Crippen LogP) is 6.34. The van der Waals surface area contributed by atoms with Crippen molar-refractivity contribution < 1.29 is 9.18 Å². The molecular weight excluding hydrogens is 349 g/mol. The number of aliphatic imine (C=N–C) groups is 1. The van der Waals surface area contributed by atoms with Gasteiger partial charge in [-0.3, -0.25) is 9.79 Å². The third-order valence-corrected chi connectivity index (χ3v) is 5.58. The van der Waals surface area contributed by atoms with Crippen molar-refractivity contribution in [1.29, 1.82) is 0 Å². The molecule has 0 N–H and O–H groups in total. The Morgan fingerprint density at radius 1 is 1.21 bits per heavy atom. The van der Waals surface area contributed by atoms with Crippen LogP contribution in [0.1, 0.15) is 65.7 Å². The van der Waals surface area contributed by atoms with E-state index in [4.69, 9.17) is 4.99 Å². The lowest BCUT2D eigenvalue weighted by Crippen LogP contribution is -2.19. The van der Waals surface area contributed by atoms with Gasteiger partial charge in [0.15, 0.2) is 5.78 Å². The lowest BCUT2D eigenvalue weighted by atomic mass is 9.75. The van der Waals surface area contributed by atoms with Crippen molar-refractivity contribution in [2.45, 2.75) is 33.1 Å². The molecule has 0 bridgehead atoms. The highest BCUT2D eigenvalue weighted by molar-refractivity contribution is 6.12. The highest BCUT2D eigenvalue weighted by atomic mass is 19.1. The van der Waals surface area contributed by atoms with Crippen molar-refractivity contribution in [3.63, 3.8) is 0 Å². The molecule has 0 fully saturated rings. The minimum Gasteiger partial charge on any atom is -0.294 e. The van der Waals surface area contributed by atoms with Crippen LogP contribution in [-0.4, -0.2) is 11.5 Å². The molecule has 0 spiro atoms. The molecule has 1 aliphatic carbocycles. The molecule has 1 unspecified atom stereocenters. The number of allylic oxidation sites excluding steroid dienone is 3. The van der Waals surface area contributed by atoms with Gasteiger partial charge in [-0.25, -0.2) is 4.39 Å². The number of carbonyl (C=O) groups is 1. The molecule has 140 valence electrons. The molecule has 0 radical (unpaired) electrons. The van der Waals surface area contributed by atoms with Crippen molar-refractivity contribution >= 4 is 23.6 Å². The first-order valence-corrected chi connectivity index (χ1v) is 9.52. The molecule has 28 heavy (non-hydrogen) atoms. The second-order valence-electron chi connectivity index (χ2n) is 7.32. The normalized spacial score (nSPS) is 17.6. The largest absolute Gasteiger partial charge is 0.294 e. The lowest BCUT2D eigenvalue weighted by Gasteiger charge is -2.26. The van der Waals surface area contributed by atoms with E-state index >= 15 is 0 Å². The highest BCUT2D eigenvalue weighted by Crippen LogP contribution is 2.46. The van der Waals surface area contributed by atoms with Gasteiger partial charge in [0, 0.05) is 23.2 Å². The van der Waals surface area contributed by atoms with Crippen LogP contribution in [0.5, 0.6) is 0 Å². The summed E-state index contributed by atoms with van der Waals surface area (Å²) in [5, 5.41) is 0. The van der Waals surface area contributed by atoms with Gasteiger partial charge >= 0.3 is 0 Å². The highest BCUT2D eigenvalue weighted by Gasteiger charge is 2.36. The number of fused-ring (bicyclic) bond motifs is 3. The molecule has 1 aliphatic heterocycles. The summed E-state index contributed by atoms with van der Waals surface area (Å²) in [6.07, 6.45) is 4.36. The predicted molar refractivity (Wildman–Crippen MR) is 113 cm³/mol. The molecule has 0 saturated carbocycles. The molecule has 0 aromatic heterocycles. The minimum atomic E-state index is -0.353. The summed E-state index contributed by atoms with van der Waals surface area (Å²) < 4.78 is 14.9. The van der Waals surface area contributed by atoms with E-state index in [2.05, 4.69) is 31.7 Å². The Morgan fingerprint density at radius 2 is 2.00 bits per heavy atom. The first-order chi connectivity index (χ1) is 13.4. The van der Waals surface area contributed by atoms with E-state index in [1.807, 2.05) is 26.0 Å². The first-order valence-electron chi connectivity index (χ1n) is 9.52. The van der Waals surface area contributed by atoms with Crippen LogP contribution in [-0.2, 0) is 0 Å². The van der Waals surface area contributed by atoms with Crippen LogP contribution in [0.4, 0.5) is 4.39 Å². The number of benzene rings is 2. The zero-order chi connectivity index (χ0) is 20.0. The van der Waals surface area contributed by atoms with E-state index in [1.165, 1.54) is 6.07 Å². The molecule has 0 amide bonds. The van der Waals surface area contributed by atoms with Crippen LogP contribution in [0, 0.1) is 5.82 Å². The van der Waals surface area contributed by atoms with Crippen LogP contribution < -0.4 is 0 Å². The topological polar surface area (TPSA) is 29.4 Å². The second-order valence-corrected chi connectivity index (χ2v) is 7.32. The smallest absolute Gasteiger partial charge is 0.162 e. The molecule has 2 aromatic carbocycles. The third-order valence-electron chi connectivity index (χ3n) is 5.58. The maximum Gasteiger partial charge on any atom is 0.162 e. The molecule has 4 rings (SSSR count). The Labute approximate surface area is 164 Å². The Bertz CT molecular complexity index is 1120. The summed E-state index contributed by atoms with van der Waals surface area (Å²) in [7, 11) is 0. The van der Waals surface area contributed by atoms with Crippen molar-refractivity contribution in [3.8, 4) is 0 Å². The number of Topliss-reactive ketones (excluding diaryl/α,β-unsaturated/α-hetero) is 1. The van der Waals surface area contributed by atoms with Crippen LogP contribution in [0.25, 0.3) is 12.2 Å². The van der Waals surface area contributed by atoms with Gasteiger partial charge < -0.3 is 0 Å². The average molecular weight is 371 g/mol. The Hall–Kier alpha value is -3.07. The van der Waals surface area contributed by atoms with Crippen molar-refractivity contribution in [3.05, 3.63) is 93.5 Å². The van der Waals surface area contributed by atoms with Crippen LogP contribution in [0.2, 0.25) is 0 Å². The van der Waals surface area contributed by atoms with E-state index in [0.717, 1.165) is 33.5 Å². The fourth-order valence-corrected chi connectivity index (χ4v) is 4.19. The van der Waals surface area contributed by atoms with E-state index in [-0.39, 0.29) is 17.5 Å². The lowest BCUT2D eigenvalue weighted by molar-refractivity contribution is 0.0988. The van der Waals surface area contributed by atoms with Crippen LogP contribution in [0.15, 0.2) is 64.8 Å². The summed E-state index contributed by atoms with van der Waals surface area (Å²) in [5.41, 5.74) is 7.99. The first kappa shape index (κ1) is 18.3. The van der Waals surface area contributed by atoms with E-state index in [0.29, 0.717) is 23.3 Å². The van der Waals surface area contributed by atoms with Crippen LogP contribution >= 0.6 is 0 Å². The number of rotatable bonds is 4. The summed E-state index contributed by atoms with van der Waals surface area (Å²) in [5.74, 6) is -0.491. The molecule has 2 aliphatic rings. The fraction of sp³-hybridized carbons (Fsp3) is 0.200. The zero-order valence-electron chi connectivity index (χ0n) is 16.3. The van der Waals surface area contributed by atoms with E-state index in [9.17, 15) is 9.18 Å². The fourth-order valence-electron chi connectivity index (χ4n) is 4.19. The molecular formula is C25H22FNO. The number of hydrogen-bond acceptors (Lipinski definition) is 2. The Kier molecular flexibility index (Phi) is 4.46. The molecule has 0 saturated heterocycles. The number of nitrogens with zero attached hydrogens (tertiary/aromatic N) is 1. The molecule has 1 atom stereocenters. The molecule has 1 heterocycles. The van der Waals surface area contributed by atoms with Crippen molar-refractivity contribution in [2.24, 2.45) is 4.99 Å². The summed E-state index contributed by atoms with van der Waals surface area (Å²) in [4.78, 5) is 17.0. The van der Waals surface area contributed by atoms with Gasteiger partial charge in [-0.15, -0.1) is 0 Å². The zero-order valence-corrected chi connectivity index (χ0v) is 16.3. The summed E-state index contributed by atoms with van der Waals surface area (Å²) in [6, 6.07) is 10.8. The minimum absolute atomic E-state index is 0.00110.